The van der Waals surface area contributed by atoms with Crippen LogP contribution in [0.2, 0.25) is 0 Å². The molecule has 1 atom stereocenters. The van der Waals surface area contributed by atoms with Crippen LogP contribution in [-0.2, 0) is 4.79 Å². The summed E-state index contributed by atoms with van der Waals surface area (Å²) in [6.07, 6.45) is 3.86. The molecule has 0 heterocycles. The van der Waals surface area contributed by atoms with E-state index in [-0.39, 0.29) is 5.91 Å². The average Bonchev–Trinajstić information content (AvgIpc) is 2.11. The Kier molecular flexibility index (Phi) is 6.24. The molecular formula is C10H20N2O. The third-order valence-electron chi connectivity index (χ3n) is 2.09. The van der Waals surface area contributed by atoms with Gasteiger partial charge >= 0.3 is 0 Å². The lowest BCUT2D eigenvalue weighted by atomic mass is 10.2. The minimum absolute atomic E-state index is 0.330. The van der Waals surface area contributed by atoms with Crippen LogP contribution in [0.3, 0.4) is 0 Å². The summed E-state index contributed by atoms with van der Waals surface area (Å²) in [5.41, 5.74) is 5.72. The maximum Gasteiger partial charge on any atom is 0.244 e. The van der Waals surface area contributed by atoms with Crippen molar-refractivity contribution >= 4 is 5.91 Å². The van der Waals surface area contributed by atoms with Crippen molar-refractivity contribution in [1.29, 1.82) is 0 Å². The van der Waals surface area contributed by atoms with E-state index in [1.165, 1.54) is 0 Å². The van der Waals surface area contributed by atoms with Gasteiger partial charge in [0.25, 0.3) is 0 Å². The quantitative estimate of drug-likeness (QED) is 0.481. The highest BCUT2D eigenvalue weighted by Crippen LogP contribution is 1.94. The molecule has 0 spiro atoms. The van der Waals surface area contributed by atoms with E-state index in [4.69, 9.17) is 5.73 Å². The molecule has 3 N–H and O–H groups in total. The van der Waals surface area contributed by atoms with Crippen LogP contribution in [-0.4, -0.2) is 18.5 Å². The molecule has 0 aromatic heterocycles. The third-order valence-corrected chi connectivity index (χ3v) is 2.09. The van der Waals surface area contributed by atoms with Crippen LogP contribution < -0.4 is 11.1 Å². The molecule has 0 aromatic rings. The predicted molar refractivity (Wildman–Crippen MR) is 55.3 cm³/mol. The molecule has 1 amide bonds. The summed E-state index contributed by atoms with van der Waals surface area (Å²) in [4.78, 5) is 10.6. The molecule has 0 aliphatic heterocycles. The highest BCUT2D eigenvalue weighted by Gasteiger charge is 1.97. The standard InChI is InChI=1S/C10H20N2O/c1-4-9(3)12-7-5-6-8(2)10(11)13/h6,9,12H,4-5,7H2,1-3H3,(H2,11,13). The summed E-state index contributed by atoms with van der Waals surface area (Å²) in [6, 6.07) is 0.544. The van der Waals surface area contributed by atoms with E-state index in [0.29, 0.717) is 11.6 Å². The topological polar surface area (TPSA) is 55.1 Å². The third kappa shape index (κ3) is 6.34. The number of hydrogen-bond donors (Lipinski definition) is 2. The van der Waals surface area contributed by atoms with Gasteiger partial charge in [-0.25, -0.2) is 0 Å². The molecule has 0 aliphatic rings. The van der Waals surface area contributed by atoms with E-state index in [2.05, 4.69) is 19.2 Å². The SMILES string of the molecule is CCC(C)NCCC=C(C)C(N)=O. The molecule has 13 heavy (non-hydrogen) atoms. The van der Waals surface area contributed by atoms with E-state index in [1.807, 2.05) is 6.08 Å². The van der Waals surface area contributed by atoms with Crippen LogP contribution in [0.5, 0.6) is 0 Å². The minimum Gasteiger partial charge on any atom is -0.366 e. The molecule has 0 bridgehead atoms. The maximum absolute atomic E-state index is 10.6. The number of carbonyl (C=O) groups is 1. The smallest absolute Gasteiger partial charge is 0.244 e. The van der Waals surface area contributed by atoms with Crippen molar-refractivity contribution in [3.8, 4) is 0 Å². The van der Waals surface area contributed by atoms with Crippen LogP contribution in [0.1, 0.15) is 33.6 Å². The number of hydrogen-bond acceptors (Lipinski definition) is 2. The normalized spacial score (nSPS) is 14.2. The minimum atomic E-state index is -0.330. The van der Waals surface area contributed by atoms with Crippen molar-refractivity contribution in [2.24, 2.45) is 5.73 Å². The second kappa shape index (κ2) is 6.66. The van der Waals surface area contributed by atoms with Gasteiger partial charge in [0.2, 0.25) is 5.91 Å². The van der Waals surface area contributed by atoms with E-state index < -0.39 is 0 Å². The Labute approximate surface area is 80.4 Å². The molecule has 0 saturated carbocycles. The van der Waals surface area contributed by atoms with Gasteiger partial charge in [0, 0.05) is 11.6 Å². The lowest BCUT2D eigenvalue weighted by Gasteiger charge is -2.09. The fourth-order valence-corrected chi connectivity index (χ4v) is 0.863. The summed E-state index contributed by atoms with van der Waals surface area (Å²) >= 11 is 0. The molecule has 76 valence electrons. The number of rotatable bonds is 6. The number of carbonyl (C=O) groups excluding carboxylic acids is 1. The summed E-state index contributed by atoms with van der Waals surface area (Å²) in [6.45, 7) is 6.93. The Morgan fingerprint density at radius 2 is 2.23 bits per heavy atom. The van der Waals surface area contributed by atoms with Crippen molar-refractivity contribution in [2.45, 2.75) is 39.7 Å². The monoisotopic (exact) mass is 184 g/mol. The van der Waals surface area contributed by atoms with Gasteiger partial charge in [-0.1, -0.05) is 13.0 Å². The molecule has 0 fully saturated rings. The van der Waals surface area contributed by atoms with Gasteiger partial charge < -0.3 is 11.1 Å². The molecule has 0 saturated heterocycles. The Morgan fingerprint density at radius 3 is 2.69 bits per heavy atom. The number of nitrogens with one attached hydrogen (secondary N) is 1. The van der Waals surface area contributed by atoms with Gasteiger partial charge in [-0.05, 0) is 33.2 Å². The summed E-state index contributed by atoms with van der Waals surface area (Å²) < 4.78 is 0. The molecule has 0 radical (unpaired) electrons. The zero-order valence-electron chi connectivity index (χ0n) is 8.76. The molecule has 0 rings (SSSR count). The second-order valence-electron chi connectivity index (χ2n) is 3.30. The predicted octanol–water partition coefficient (Wildman–Crippen LogP) is 1.20. The first kappa shape index (κ1) is 12.2. The first-order valence-electron chi connectivity index (χ1n) is 4.77. The first-order valence-corrected chi connectivity index (χ1v) is 4.77. The van der Waals surface area contributed by atoms with Gasteiger partial charge in [0.15, 0.2) is 0 Å². The van der Waals surface area contributed by atoms with Crippen LogP contribution >= 0.6 is 0 Å². The van der Waals surface area contributed by atoms with Crippen LogP contribution in [0, 0.1) is 0 Å². The number of primary amides is 1. The zero-order valence-corrected chi connectivity index (χ0v) is 8.76. The molecule has 0 aliphatic carbocycles. The van der Waals surface area contributed by atoms with Crippen LogP contribution in [0.25, 0.3) is 0 Å². The van der Waals surface area contributed by atoms with Crippen LogP contribution in [0.15, 0.2) is 11.6 Å². The molecule has 0 aromatic carbocycles. The maximum atomic E-state index is 10.6. The van der Waals surface area contributed by atoms with Gasteiger partial charge in [-0.15, -0.1) is 0 Å². The Bertz CT molecular complexity index is 187. The van der Waals surface area contributed by atoms with Crippen LogP contribution in [0.4, 0.5) is 0 Å². The lowest BCUT2D eigenvalue weighted by Crippen LogP contribution is -2.25. The highest BCUT2D eigenvalue weighted by molar-refractivity contribution is 5.91. The van der Waals surface area contributed by atoms with E-state index in [0.717, 1.165) is 19.4 Å². The van der Waals surface area contributed by atoms with Gasteiger partial charge in [-0.2, -0.15) is 0 Å². The highest BCUT2D eigenvalue weighted by atomic mass is 16.1. The molecular weight excluding hydrogens is 164 g/mol. The van der Waals surface area contributed by atoms with E-state index >= 15 is 0 Å². The first-order chi connectivity index (χ1) is 6.07. The molecule has 1 unspecified atom stereocenters. The van der Waals surface area contributed by atoms with Gasteiger partial charge in [-0.3, -0.25) is 4.79 Å². The number of amides is 1. The second-order valence-corrected chi connectivity index (χ2v) is 3.30. The largest absolute Gasteiger partial charge is 0.366 e. The fraction of sp³-hybridized carbons (Fsp3) is 0.700. The fourth-order valence-electron chi connectivity index (χ4n) is 0.863. The van der Waals surface area contributed by atoms with E-state index in [1.54, 1.807) is 6.92 Å². The Morgan fingerprint density at radius 1 is 1.62 bits per heavy atom. The van der Waals surface area contributed by atoms with Crippen molar-refractivity contribution < 1.29 is 4.79 Å². The average molecular weight is 184 g/mol. The van der Waals surface area contributed by atoms with E-state index in [9.17, 15) is 4.79 Å². The van der Waals surface area contributed by atoms with Crippen molar-refractivity contribution in [3.63, 3.8) is 0 Å². The lowest BCUT2D eigenvalue weighted by molar-refractivity contribution is -0.114. The van der Waals surface area contributed by atoms with Gasteiger partial charge in [0.1, 0.15) is 0 Å². The Hall–Kier alpha value is -0.830. The van der Waals surface area contributed by atoms with Crippen molar-refractivity contribution in [1.82, 2.24) is 5.32 Å². The summed E-state index contributed by atoms with van der Waals surface area (Å²) in [5.74, 6) is -0.330. The zero-order chi connectivity index (χ0) is 10.3. The molecule has 3 heteroatoms. The summed E-state index contributed by atoms with van der Waals surface area (Å²) in [5, 5.41) is 3.33. The van der Waals surface area contributed by atoms with Crippen molar-refractivity contribution in [2.75, 3.05) is 6.54 Å². The molecule has 3 nitrogen and oxygen atoms in total. The number of nitrogens with two attached hydrogens (primary N) is 1. The Balaban J connectivity index is 3.55. The summed E-state index contributed by atoms with van der Waals surface area (Å²) in [7, 11) is 0. The van der Waals surface area contributed by atoms with Crippen molar-refractivity contribution in [3.05, 3.63) is 11.6 Å². The van der Waals surface area contributed by atoms with Gasteiger partial charge in [0.05, 0.1) is 0 Å².